The van der Waals surface area contributed by atoms with Gasteiger partial charge in [0.05, 0.1) is 5.75 Å². The van der Waals surface area contributed by atoms with Crippen LogP contribution in [0.15, 0.2) is 39.2 Å². The number of nitrogens with one attached hydrogen (secondary N) is 1. The Labute approximate surface area is 142 Å². The molecule has 3 aromatic rings. The van der Waals surface area contributed by atoms with E-state index >= 15 is 0 Å². The van der Waals surface area contributed by atoms with Crippen molar-refractivity contribution in [3.05, 3.63) is 47.6 Å². The lowest BCUT2D eigenvalue weighted by atomic mass is 10.2. The van der Waals surface area contributed by atoms with Gasteiger partial charge in [-0.3, -0.25) is 0 Å². The third kappa shape index (κ3) is 4.77. The van der Waals surface area contributed by atoms with Crippen LogP contribution in [0.1, 0.15) is 24.2 Å². The molecule has 0 spiro atoms. The number of aryl methyl sites for hydroxylation is 1. The van der Waals surface area contributed by atoms with Crippen molar-refractivity contribution in [1.29, 1.82) is 0 Å². The van der Waals surface area contributed by atoms with Crippen molar-refractivity contribution in [2.75, 3.05) is 11.9 Å². The van der Waals surface area contributed by atoms with Crippen molar-refractivity contribution in [2.45, 2.75) is 29.9 Å². The number of nitrogens with zero attached hydrogens (tertiary/aromatic N) is 4. The number of hydrogen-bond acceptors (Lipinski definition) is 8. The van der Waals surface area contributed by atoms with Crippen LogP contribution in [-0.4, -0.2) is 26.9 Å². The van der Waals surface area contributed by atoms with E-state index in [4.69, 9.17) is 4.52 Å². The highest BCUT2D eigenvalue weighted by molar-refractivity contribution is 8.00. The third-order valence-corrected chi connectivity index (χ3v) is 5.09. The summed E-state index contributed by atoms with van der Waals surface area (Å²) in [6, 6.07) is 10.4. The molecule has 2 heterocycles. The molecule has 120 valence electrons. The Morgan fingerprint density at radius 2 is 2.09 bits per heavy atom. The molecule has 2 aromatic heterocycles. The first-order valence-corrected chi connectivity index (χ1v) is 9.19. The highest BCUT2D eigenvalue weighted by Crippen LogP contribution is 2.27. The highest BCUT2D eigenvalue weighted by atomic mass is 32.2. The standard InChI is InChI=1S/C15H17N5OS2/c1-2-13-17-12(20-21-13)10-22-15-19-18-14(23-15)16-9-8-11-6-4-3-5-7-11/h3-7H,2,8-10H2,1H3,(H,16,18). The Bertz CT molecular complexity index is 728. The van der Waals surface area contributed by atoms with E-state index < -0.39 is 0 Å². The molecule has 0 fully saturated rings. The maximum atomic E-state index is 5.08. The normalized spacial score (nSPS) is 10.8. The molecule has 8 heteroatoms. The first-order chi connectivity index (χ1) is 11.3. The Morgan fingerprint density at radius 1 is 1.22 bits per heavy atom. The number of hydrogen-bond donors (Lipinski definition) is 1. The lowest BCUT2D eigenvalue weighted by Crippen LogP contribution is -2.04. The molecule has 23 heavy (non-hydrogen) atoms. The summed E-state index contributed by atoms with van der Waals surface area (Å²) in [5.41, 5.74) is 1.31. The first-order valence-electron chi connectivity index (χ1n) is 7.39. The monoisotopic (exact) mass is 347 g/mol. The predicted octanol–water partition coefficient (Wildman–Crippen LogP) is 3.43. The number of rotatable bonds is 8. The molecule has 0 radical (unpaired) electrons. The van der Waals surface area contributed by atoms with Gasteiger partial charge in [0.2, 0.25) is 11.0 Å². The lowest BCUT2D eigenvalue weighted by molar-refractivity contribution is 0.378. The zero-order valence-corrected chi connectivity index (χ0v) is 14.4. The van der Waals surface area contributed by atoms with Gasteiger partial charge in [0.25, 0.3) is 0 Å². The summed E-state index contributed by atoms with van der Waals surface area (Å²) in [6.45, 7) is 2.83. The summed E-state index contributed by atoms with van der Waals surface area (Å²) < 4.78 is 5.98. The average molecular weight is 347 g/mol. The van der Waals surface area contributed by atoms with Gasteiger partial charge in [0.1, 0.15) is 0 Å². The van der Waals surface area contributed by atoms with E-state index in [-0.39, 0.29) is 0 Å². The van der Waals surface area contributed by atoms with Crippen LogP contribution in [0.2, 0.25) is 0 Å². The molecule has 1 aromatic carbocycles. The molecule has 0 saturated carbocycles. The van der Waals surface area contributed by atoms with Crippen LogP contribution >= 0.6 is 23.1 Å². The van der Waals surface area contributed by atoms with Gasteiger partial charge in [-0.1, -0.05) is 65.5 Å². The van der Waals surface area contributed by atoms with Crippen LogP contribution in [0.5, 0.6) is 0 Å². The summed E-state index contributed by atoms with van der Waals surface area (Å²) in [5.74, 6) is 2.00. The fourth-order valence-electron chi connectivity index (χ4n) is 1.92. The van der Waals surface area contributed by atoms with Crippen molar-refractivity contribution < 1.29 is 4.52 Å². The molecule has 0 aliphatic heterocycles. The maximum Gasteiger partial charge on any atom is 0.226 e. The van der Waals surface area contributed by atoms with E-state index in [0.29, 0.717) is 17.5 Å². The second kappa shape index (κ2) is 8.07. The highest BCUT2D eigenvalue weighted by Gasteiger charge is 2.08. The Kier molecular flexibility index (Phi) is 5.60. The summed E-state index contributed by atoms with van der Waals surface area (Å²) in [7, 11) is 0. The molecule has 0 saturated heterocycles. The summed E-state index contributed by atoms with van der Waals surface area (Å²) in [4.78, 5) is 4.28. The van der Waals surface area contributed by atoms with Gasteiger partial charge < -0.3 is 9.84 Å². The van der Waals surface area contributed by atoms with Crippen LogP contribution in [0.3, 0.4) is 0 Å². The molecule has 6 nitrogen and oxygen atoms in total. The average Bonchev–Trinajstić information content (AvgIpc) is 3.23. The van der Waals surface area contributed by atoms with Gasteiger partial charge >= 0.3 is 0 Å². The maximum absolute atomic E-state index is 5.08. The lowest BCUT2D eigenvalue weighted by Gasteiger charge is -2.01. The molecule has 0 amide bonds. The minimum absolute atomic E-state index is 0.641. The second-order valence-corrected chi connectivity index (χ2v) is 6.98. The van der Waals surface area contributed by atoms with Crippen molar-refractivity contribution >= 4 is 28.2 Å². The molecule has 0 unspecified atom stereocenters. The second-order valence-electron chi connectivity index (χ2n) is 4.78. The first kappa shape index (κ1) is 15.9. The van der Waals surface area contributed by atoms with E-state index in [1.54, 1.807) is 23.1 Å². The zero-order valence-electron chi connectivity index (χ0n) is 12.7. The Hall–Kier alpha value is -1.93. The number of anilines is 1. The van der Waals surface area contributed by atoms with E-state index in [9.17, 15) is 0 Å². The van der Waals surface area contributed by atoms with Crippen LogP contribution in [0.25, 0.3) is 0 Å². The van der Waals surface area contributed by atoms with Crippen LogP contribution in [-0.2, 0) is 18.6 Å². The molecule has 0 atom stereocenters. The van der Waals surface area contributed by atoms with Crippen molar-refractivity contribution in [2.24, 2.45) is 0 Å². The topological polar surface area (TPSA) is 76.7 Å². The number of aromatic nitrogens is 4. The van der Waals surface area contributed by atoms with E-state index in [1.807, 2.05) is 13.0 Å². The zero-order chi connectivity index (χ0) is 15.9. The van der Waals surface area contributed by atoms with Gasteiger partial charge in [-0.25, -0.2) is 0 Å². The molecular formula is C15H17N5OS2. The molecule has 3 rings (SSSR count). The quantitative estimate of drug-likeness (QED) is 0.626. The van der Waals surface area contributed by atoms with Gasteiger partial charge in [-0.05, 0) is 12.0 Å². The minimum Gasteiger partial charge on any atom is -0.360 e. The van der Waals surface area contributed by atoms with Crippen molar-refractivity contribution in [3.63, 3.8) is 0 Å². The number of benzene rings is 1. The Morgan fingerprint density at radius 3 is 2.87 bits per heavy atom. The van der Waals surface area contributed by atoms with Crippen molar-refractivity contribution in [1.82, 2.24) is 20.3 Å². The van der Waals surface area contributed by atoms with Crippen LogP contribution in [0, 0.1) is 0 Å². The number of thioether (sulfide) groups is 1. The van der Waals surface area contributed by atoms with Gasteiger partial charge in [0, 0.05) is 13.0 Å². The molecule has 0 aliphatic rings. The van der Waals surface area contributed by atoms with Gasteiger partial charge in [-0.2, -0.15) is 4.98 Å². The molecule has 1 N–H and O–H groups in total. The van der Waals surface area contributed by atoms with E-state index in [0.717, 1.165) is 28.9 Å². The largest absolute Gasteiger partial charge is 0.360 e. The Balaban J connectivity index is 1.44. The van der Waals surface area contributed by atoms with Crippen LogP contribution in [0.4, 0.5) is 5.13 Å². The fourth-order valence-corrected chi connectivity index (χ4v) is 3.54. The van der Waals surface area contributed by atoms with Gasteiger partial charge in [0.15, 0.2) is 10.2 Å². The molecule has 0 bridgehead atoms. The third-order valence-electron chi connectivity index (χ3n) is 3.08. The minimum atomic E-state index is 0.641. The summed E-state index contributed by atoms with van der Waals surface area (Å²) in [5, 5.41) is 16.4. The fraction of sp³-hybridized carbons (Fsp3) is 0.333. The van der Waals surface area contributed by atoms with Crippen LogP contribution < -0.4 is 5.32 Å². The van der Waals surface area contributed by atoms with E-state index in [2.05, 4.69) is 49.9 Å². The molecule has 0 aliphatic carbocycles. The SMILES string of the molecule is CCc1nc(CSc2nnc(NCCc3ccccc3)s2)no1. The summed E-state index contributed by atoms with van der Waals surface area (Å²) >= 11 is 3.11. The van der Waals surface area contributed by atoms with Gasteiger partial charge in [-0.15, -0.1) is 10.2 Å². The molecular weight excluding hydrogens is 330 g/mol. The van der Waals surface area contributed by atoms with E-state index in [1.165, 1.54) is 5.56 Å². The predicted molar refractivity (Wildman–Crippen MR) is 91.8 cm³/mol. The summed E-state index contributed by atoms with van der Waals surface area (Å²) in [6.07, 6.45) is 1.72. The van der Waals surface area contributed by atoms with Crippen molar-refractivity contribution in [3.8, 4) is 0 Å². The smallest absolute Gasteiger partial charge is 0.226 e.